The van der Waals surface area contributed by atoms with E-state index in [1.54, 1.807) is 0 Å². The minimum atomic E-state index is -1.09. The average Bonchev–Trinajstić information content (AvgIpc) is 2.66. The van der Waals surface area contributed by atoms with Gasteiger partial charge in [-0.05, 0) is 19.8 Å². The van der Waals surface area contributed by atoms with E-state index in [4.69, 9.17) is 10.4 Å². The molecule has 1 atom stereocenters. The summed E-state index contributed by atoms with van der Waals surface area (Å²) in [6, 6.07) is 1.08. The summed E-state index contributed by atoms with van der Waals surface area (Å²) in [5, 5.41) is 20.0. The van der Waals surface area contributed by atoms with Crippen LogP contribution < -0.4 is 5.32 Å². The molecule has 0 aromatic rings. The molecule has 0 aromatic heterocycles. The number of carboxylic acid groups (broad SMARTS) is 1. The van der Waals surface area contributed by atoms with E-state index in [1.807, 2.05) is 6.07 Å². The number of nitrogens with one attached hydrogen (secondary N) is 1. The molecule has 0 radical (unpaired) electrons. The molecular weight excluding hydrogens is 196 g/mol. The highest BCUT2D eigenvalue weighted by molar-refractivity contribution is 5.89. The van der Waals surface area contributed by atoms with Gasteiger partial charge in [0.25, 0.3) is 0 Å². The Labute approximate surface area is 88.1 Å². The van der Waals surface area contributed by atoms with Gasteiger partial charge in [-0.3, -0.25) is 9.59 Å². The molecule has 0 saturated heterocycles. The van der Waals surface area contributed by atoms with Crippen LogP contribution in [0.1, 0.15) is 32.6 Å². The molecule has 0 unspecified atom stereocenters. The number of rotatable bonds is 3. The van der Waals surface area contributed by atoms with Gasteiger partial charge in [-0.15, -0.1) is 0 Å². The average molecular weight is 210 g/mol. The number of aliphatic carboxylic acids is 1. The first-order chi connectivity index (χ1) is 7.02. The van der Waals surface area contributed by atoms with Crippen LogP contribution in [-0.2, 0) is 9.59 Å². The van der Waals surface area contributed by atoms with Gasteiger partial charge in [-0.25, -0.2) is 0 Å². The number of carbonyl (C=O) groups is 2. The molecule has 0 bridgehead atoms. The summed E-state index contributed by atoms with van der Waals surface area (Å²) in [5.74, 6) is -1.54. The van der Waals surface area contributed by atoms with E-state index in [2.05, 4.69) is 5.32 Å². The quantitative estimate of drug-likeness (QED) is 0.716. The zero-order chi connectivity index (χ0) is 11.5. The fourth-order valence-corrected chi connectivity index (χ4v) is 1.76. The second-order valence-corrected chi connectivity index (χ2v) is 3.93. The third-order valence-electron chi connectivity index (χ3n) is 2.82. The smallest absolute Gasteiger partial charge is 0.325 e. The van der Waals surface area contributed by atoms with Crippen molar-refractivity contribution in [3.05, 3.63) is 0 Å². The summed E-state index contributed by atoms with van der Waals surface area (Å²) < 4.78 is 0. The Hall–Kier alpha value is -1.57. The van der Waals surface area contributed by atoms with Gasteiger partial charge in [0.2, 0.25) is 5.91 Å². The van der Waals surface area contributed by atoms with Crippen LogP contribution in [0, 0.1) is 16.7 Å². The topological polar surface area (TPSA) is 90.2 Å². The van der Waals surface area contributed by atoms with E-state index >= 15 is 0 Å². The van der Waals surface area contributed by atoms with Crippen LogP contribution in [0.25, 0.3) is 0 Å². The van der Waals surface area contributed by atoms with Gasteiger partial charge in [-0.1, -0.05) is 12.8 Å². The van der Waals surface area contributed by atoms with Gasteiger partial charge < -0.3 is 10.4 Å². The van der Waals surface area contributed by atoms with Crippen LogP contribution in [0.3, 0.4) is 0 Å². The van der Waals surface area contributed by atoms with Crippen molar-refractivity contribution in [1.29, 1.82) is 5.26 Å². The van der Waals surface area contributed by atoms with Gasteiger partial charge in [0.05, 0.1) is 6.07 Å². The first-order valence-electron chi connectivity index (χ1n) is 4.97. The summed E-state index contributed by atoms with van der Waals surface area (Å²) in [5.41, 5.74) is -0.996. The number of nitrogens with zero attached hydrogens (tertiary/aromatic N) is 1. The first-order valence-corrected chi connectivity index (χ1v) is 4.97. The predicted molar refractivity (Wildman–Crippen MR) is 51.8 cm³/mol. The summed E-state index contributed by atoms with van der Waals surface area (Å²) in [6.07, 6.45) is 2.76. The molecule has 0 aromatic carbocycles. The zero-order valence-electron chi connectivity index (χ0n) is 8.62. The standard InChI is InChI=1S/C10H14N2O3/c1-7(8(13)14)12-9(15)10(6-11)4-2-3-5-10/h7H,2-5H2,1H3,(H,12,15)(H,13,14)/t7-/m1/s1. The van der Waals surface area contributed by atoms with Crippen LogP contribution in [0.15, 0.2) is 0 Å². The Balaban J connectivity index is 2.67. The van der Waals surface area contributed by atoms with Crippen molar-refractivity contribution in [2.75, 3.05) is 0 Å². The Morgan fingerprint density at radius 2 is 2.00 bits per heavy atom. The SMILES string of the molecule is C[C@@H](NC(=O)C1(C#N)CCCC1)C(=O)O. The molecule has 1 aliphatic carbocycles. The van der Waals surface area contributed by atoms with E-state index in [1.165, 1.54) is 6.92 Å². The van der Waals surface area contributed by atoms with Crippen LogP contribution >= 0.6 is 0 Å². The minimum absolute atomic E-state index is 0.447. The van der Waals surface area contributed by atoms with Crippen molar-refractivity contribution in [3.8, 4) is 6.07 Å². The van der Waals surface area contributed by atoms with Crippen LogP contribution in [0.2, 0.25) is 0 Å². The van der Waals surface area contributed by atoms with Crippen molar-refractivity contribution < 1.29 is 14.7 Å². The van der Waals surface area contributed by atoms with Gasteiger partial charge in [0.1, 0.15) is 11.5 Å². The maximum Gasteiger partial charge on any atom is 0.325 e. The number of nitriles is 1. The van der Waals surface area contributed by atoms with Crippen molar-refractivity contribution >= 4 is 11.9 Å². The molecule has 5 heteroatoms. The molecule has 1 rings (SSSR count). The number of carbonyl (C=O) groups excluding carboxylic acids is 1. The minimum Gasteiger partial charge on any atom is -0.480 e. The number of carboxylic acids is 1. The fraction of sp³-hybridized carbons (Fsp3) is 0.700. The molecule has 0 spiro atoms. The molecule has 5 nitrogen and oxygen atoms in total. The first kappa shape index (κ1) is 11.5. The lowest BCUT2D eigenvalue weighted by Gasteiger charge is -2.20. The highest BCUT2D eigenvalue weighted by Crippen LogP contribution is 2.37. The number of hydrogen-bond acceptors (Lipinski definition) is 3. The maximum atomic E-state index is 11.7. The molecule has 1 aliphatic rings. The van der Waals surface area contributed by atoms with Crippen molar-refractivity contribution in [1.82, 2.24) is 5.32 Å². The van der Waals surface area contributed by atoms with E-state index < -0.39 is 23.3 Å². The molecule has 2 N–H and O–H groups in total. The summed E-state index contributed by atoms with van der Waals surface area (Å²) in [6.45, 7) is 1.39. The molecular formula is C10H14N2O3. The van der Waals surface area contributed by atoms with E-state index in [9.17, 15) is 9.59 Å². The van der Waals surface area contributed by atoms with E-state index in [-0.39, 0.29) is 0 Å². The molecule has 82 valence electrons. The van der Waals surface area contributed by atoms with Gasteiger partial charge >= 0.3 is 5.97 Å². The molecule has 1 fully saturated rings. The Kier molecular flexibility index (Phi) is 3.30. The summed E-state index contributed by atoms with van der Waals surface area (Å²) in [7, 11) is 0. The second kappa shape index (κ2) is 4.30. The highest BCUT2D eigenvalue weighted by Gasteiger charge is 2.42. The van der Waals surface area contributed by atoms with E-state index in [0.29, 0.717) is 12.8 Å². The Bertz CT molecular complexity index is 313. The third kappa shape index (κ3) is 2.27. The Morgan fingerprint density at radius 1 is 1.47 bits per heavy atom. The molecule has 0 heterocycles. The monoisotopic (exact) mass is 210 g/mol. The van der Waals surface area contributed by atoms with Crippen molar-refractivity contribution in [2.45, 2.75) is 38.6 Å². The normalized spacial score (nSPS) is 20.3. The molecule has 15 heavy (non-hydrogen) atoms. The van der Waals surface area contributed by atoms with Gasteiger partial charge in [-0.2, -0.15) is 5.26 Å². The summed E-state index contributed by atoms with van der Waals surface area (Å²) >= 11 is 0. The number of hydrogen-bond donors (Lipinski definition) is 2. The second-order valence-electron chi connectivity index (χ2n) is 3.93. The highest BCUT2D eigenvalue weighted by atomic mass is 16.4. The van der Waals surface area contributed by atoms with Gasteiger partial charge in [0, 0.05) is 0 Å². The third-order valence-corrected chi connectivity index (χ3v) is 2.82. The largest absolute Gasteiger partial charge is 0.480 e. The molecule has 1 saturated carbocycles. The van der Waals surface area contributed by atoms with Crippen molar-refractivity contribution in [3.63, 3.8) is 0 Å². The maximum absolute atomic E-state index is 11.7. The number of amides is 1. The van der Waals surface area contributed by atoms with Crippen LogP contribution in [0.5, 0.6) is 0 Å². The van der Waals surface area contributed by atoms with Gasteiger partial charge in [0.15, 0.2) is 0 Å². The summed E-state index contributed by atoms with van der Waals surface area (Å²) in [4.78, 5) is 22.3. The molecule has 0 aliphatic heterocycles. The van der Waals surface area contributed by atoms with Crippen LogP contribution in [-0.4, -0.2) is 23.0 Å². The lowest BCUT2D eigenvalue weighted by atomic mass is 9.87. The lowest BCUT2D eigenvalue weighted by molar-refractivity contribution is -0.142. The fourth-order valence-electron chi connectivity index (χ4n) is 1.76. The molecule has 1 amide bonds. The van der Waals surface area contributed by atoms with Crippen LogP contribution in [0.4, 0.5) is 0 Å². The zero-order valence-corrected chi connectivity index (χ0v) is 8.62. The van der Waals surface area contributed by atoms with E-state index in [0.717, 1.165) is 12.8 Å². The van der Waals surface area contributed by atoms with Crippen molar-refractivity contribution in [2.24, 2.45) is 5.41 Å². The lowest BCUT2D eigenvalue weighted by Crippen LogP contribution is -2.45. The predicted octanol–water partition coefficient (Wildman–Crippen LogP) is 0.660. The Morgan fingerprint density at radius 3 is 2.40 bits per heavy atom.